The van der Waals surface area contributed by atoms with Crippen LogP contribution in [0.4, 0.5) is 0 Å². The highest BCUT2D eigenvalue weighted by molar-refractivity contribution is 5.00. The molecule has 0 aliphatic heterocycles. The Hall–Kier alpha value is -3.38. The van der Waals surface area contributed by atoms with E-state index in [1.54, 1.807) is 0 Å². The second-order valence-corrected chi connectivity index (χ2v) is 4.62. The van der Waals surface area contributed by atoms with Gasteiger partial charge >= 0.3 is 0 Å². The van der Waals surface area contributed by atoms with Gasteiger partial charge < -0.3 is 0 Å². The highest BCUT2D eigenvalue weighted by atomic mass is 13.7. The molecule has 4 rings (SSSR count). The molecule has 0 aliphatic carbocycles. The normalized spacial score (nSPS) is 7.54. The summed E-state index contributed by atoms with van der Waals surface area (Å²) in [5, 5.41) is 0. The Balaban J connectivity index is 0.000000310. The van der Waals surface area contributed by atoms with E-state index >= 15 is 0 Å². The van der Waals surface area contributed by atoms with Crippen LogP contribution >= 0.6 is 0 Å². The minimum Gasteiger partial charge on any atom is -0.106 e. The molecular formula is C26H28. The summed E-state index contributed by atoms with van der Waals surface area (Å²) < 4.78 is 0. The fourth-order valence-electron chi connectivity index (χ4n) is 1.54. The van der Waals surface area contributed by atoms with Gasteiger partial charge in [0, 0.05) is 0 Å². The van der Waals surface area contributed by atoms with Gasteiger partial charge in [0.1, 0.15) is 0 Å². The van der Waals surface area contributed by atoms with Crippen molar-refractivity contribution in [2.24, 2.45) is 0 Å². The summed E-state index contributed by atoms with van der Waals surface area (Å²) in [6.45, 7) is 6.00. The summed E-state index contributed by atoms with van der Waals surface area (Å²) in [5.41, 5.74) is 0. The van der Waals surface area contributed by atoms with Crippen molar-refractivity contribution in [1.82, 2.24) is 0 Å². The summed E-state index contributed by atoms with van der Waals surface area (Å²) in [7, 11) is 0. The van der Waals surface area contributed by atoms with Crippen molar-refractivity contribution in [3.05, 3.63) is 159 Å². The Bertz CT molecular complexity index is 429. The van der Waals surface area contributed by atoms with E-state index in [4.69, 9.17) is 0 Å². The minimum atomic E-state index is 2.00. The first-order valence-corrected chi connectivity index (χ1v) is 8.50. The van der Waals surface area contributed by atoms with Crippen LogP contribution in [0.15, 0.2) is 159 Å². The van der Waals surface area contributed by atoms with Crippen LogP contribution in [0.2, 0.25) is 0 Å². The molecule has 0 fully saturated rings. The van der Waals surface area contributed by atoms with Gasteiger partial charge in [-0.25, -0.2) is 0 Å². The van der Waals surface area contributed by atoms with Gasteiger partial charge in [0.05, 0.1) is 0 Å². The third-order valence-electron chi connectivity index (χ3n) is 2.67. The van der Waals surface area contributed by atoms with Gasteiger partial charge in [0.25, 0.3) is 0 Å². The molecule has 0 heteroatoms. The van der Waals surface area contributed by atoms with Gasteiger partial charge in [-0.2, -0.15) is 0 Å². The van der Waals surface area contributed by atoms with Gasteiger partial charge in [-0.1, -0.05) is 146 Å². The van der Waals surface area contributed by atoms with Crippen LogP contribution in [-0.2, 0) is 0 Å². The van der Waals surface area contributed by atoms with Crippen molar-refractivity contribution in [1.29, 1.82) is 0 Å². The first kappa shape index (κ1) is 22.6. The highest BCUT2D eigenvalue weighted by Gasteiger charge is 1.59. The average Bonchev–Trinajstić information content (AvgIpc) is 2.81. The maximum Gasteiger partial charge on any atom is -0.0623 e. The van der Waals surface area contributed by atoms with E-state index in [1.165, 1.54) is 0 Å². The Morgan fingerprint density at radius 1 is 0.154 bits per heavy atom. The first-order chi connectivity index (χ1) is 13.0. The Morgan fingerprint density at radius 2 is 0.192 bits per heavy atom. The Labute approximate surface area is 159 Å². The van der Waals surface area contributed by atoms with Crippen LogP contribution in [-0.4, -0.2) is 0 Å². The molecule has 4 aromatic carbocycles. The first-order valence-electron chi connectivity index (χ1n) is 8.50. The molecule has 0 heterocycles. The summed E-state index contributed by atoms with van der Waals surface area (Å²) in [4.78, 5) is 0. The molecular weight excluding hydrogens is 312 g/mol. The number of hydrogen-bond acceptors (Lipinski definition) is 0. The van der Waals surface area contributed by atoms with Gasteiger partial charge in [0.15, 0.2) is 0 Å². The number of rotatable bonds is 0. The zero-order valence-corrected chi connectivity index (χ0v) is 15.3. The van der Waals surface area contributed by atoms with E-state index in [9.17, 15) is 0 Å². The topological polar surface area (TPSA) is 0 Å². The van der Waals surface area contributed by atoms with E-state index in [-0.39, 0.29) is 0 Å². The smallest absolute Gasteiger partial charge is 0.0623 e. The predicted molar refractivity (Wildman–Crippen MR) is 117 cm³/mol. The van der Waals surface area contributed by atoms with Crippen LogP contribution < -0.4 is 0 Å². The molecule has 132 valence electrons. The van der Waals surface area contributed by atoms with Crippen LogP contribution in [0.3, 0.4) is 0 Å². The van der Waals surface area contributed by atoms with Crippen LogP contribution in [0.25, 0.3) is 0 Å². The lowest BCUT2D eigenvalue weighted by Crippen LogP contribution is -1.47. The van der Waals surface area contributed by atoms with Gasteiger partial charge in [-0.3, -0.25) is 0 Å². The van der Waals surface area contributed by atoms with Crippen molar-refractivity contribution in [2.45, 2.75) is 0 Å². The van der Waals surface area contributed by atoms with Crippen molar-refractivity contribution >= 4 is 0 Å². The third kappa shape index (κ3) is 18.7. The second kappa shape index (κ2) is 21.6. The van der Waals surface area contributed by atoms with Crippen LogP contribution in [0.5, 0.6) is 0 Å². The van der Waals surface area contributed by atoms with Crippen molar-refractivity contribution in [3.8, 4) is 0 Å². The predicted octanol–water partition coefficient (Wildman–Crippen LogP) is 7.55. The molecule has 0 spiro atoms. The largest absolute Gasteiger partial charge is 0.106 e. The maximum absolute atomic E-state index is 3.00. The molecule has 0 saturated heterocycles. The molecule has 0 saturated carbocycles. The van der Waals surface area contributed by atoms with E-state index in [0.29, 0.717) is 0 Å². The summed E-state index contributed by atoms with van der Waals surface area (Å²) >= 11 is 0. The van der Waals surface area contributed by atoms with Crippen LogP contribution in [0, 0.1) is 0 Å². The average molecular weight is 341 g/mol. The van der Waals surface area contributed by atoms with E-state index in [1.807, 2.05) is 146 Å². The molecule has 0 N–H and O–H groups in total. The molecule has 0 unspecified atom stereocenters. The fourth-order valence-corrected chi connectivity index (χ4v) is 1.54. The monoisotopic (exact) mass is 340 g/mol. The van der Waals surface area contributed by atoms with Gasteiger partial charge in [0.2, 0.25) is 0 Å². The standard InChI is InChI=1S/4C6H6.C2H4/c4*1-2-4-6-5-3-1;1-2/h4*1-6H;1-2H2. The van der Waals surface area contributed by atoms with E-state index in [0.717, 1.165) is 0 Å². The number of hydrogen-bond donors (Lipinski definition) is 0. The van der Waals surface area contributed by atoms with Gasteiger partial charge in [-0.15, -0.1) is 13.2 Å². The fraction of sp³-hybridized carbons (Fsp3) is 0. The molecule has 26 heavy (non-hydrogen) atoms. The number of benzene rings is 4. The molecule has 4 aromatic rings. The molecule has 0 nitrogen and oxygen atoms in total. The summed E-state index contributed by atoms with van der Waals surface area (Å²) in [6.07, 6.45) is 0. The van der Waals surface area contributed by atoms with E-state index in [2.05, 4.69) is 13.2 Å². The summed E-state index contributed by atoms with van der Waals surface area (Å²) in [5.74, 6) is 0. The third-order valence-corrected chi connectivity index (χ3v) is 2.67. The zero-order chi connectivity index (χ0) is 19.0. The zero-order valence-electron chi connectivity index (χ0n) is 15.3. The molecule has 0 bridgehead atoms. The molecule has 0 radical (unpaired) electrons. The minimum absolute atomic E-state index is 2.00. The quantitative estimate of drug-likeness (QED) is 0.290. The van der Waals surface area contributed by atoms with E-state index < -0.39 is 0 Å². The molecule has 0 aromatic heterocycles. The maximum atomic E-state index is 3.00. The lowest BCUT2D eigenvalue weighted by molar-refractivity contribution is 1.72. The molecule has 0 aliphatic rings. The van der Waals surface area contributed by atoms with Crippen LogP contribution in [0.1, 0.15) is 0 Å². The van der Waals surface area contributed by atoms with Gasteiger partial charge in [-0.05, 0) is 0 Å². The lowest BCUT2D eigenvalue weighted by atomic mass is 10.4. The molecule has 0 amide bonds. The second-order valence-electron chi connectivity index (χ2n) is 4.62. The van der Waals surface area contributed by atoms with Crippen molar-refractivity contribution in [2.75, 3.05) is 0 Å². The highest BCUT2D eigenvalue weighted by Crippen LogP contribution is 1.81. The lowest BCUT2D eigenvalue weighted by Gasteiger charge is -1.69. The van der Waals surface area contributed by atoms with Crippen molar-refractivity contribution in [3.63, 3.8) is 0 Å². The SMILES string of the molecule is C=C.c1ccccc1.c1ccccc1.c1ccccc1.c1ccccc1. The Morgan fingerprint density at radius 3 is 0.231 bits per heavy atom. The molecule has 0 atom stereocenters. The van der Waals surface area contributed by atoms with Crippen molar-refractivity contribution < 1.29 is 0 Å². The Kier molecular flexibility index (Phi) is 18.8. The summed E-state index contributed by atoms with van der Waals surface area (Å²) in [6, 6.07) is 48.0.